The predicted molar refractivity (Wildman–Crippen MR) is 72.0 cm³/mol. The Morgan fingerprint density at radius 2 is 2.12 bits per heavy atom. The standard InChI is InChI=1S/C12H14BrN3O/c1-7-11(16(2)12(14)15-7)8-4-5-10(17-3)9(13)6-8/h4-6H,1-3H3,(H2,14,15). The van der Waals surface area contributed by atoms with Crippen molar-refractivity contribution in [3.63, 3.8) is 0 Å². The van der Waals surface area contributed by atoms with Crippen LogP contribution in [-0.4, -0.2) is 16.7 Å². The minimum atomic E-state index is 0.518. The van der Waals surface area contributed by atoms with E-state index in [4.69, 9.17) is 10.5 Å². The quantitative estimate of drug-likeness (QED) is 0.927. The van der Waals surface area contributed by atoms with Gasteiger partial charge in [0.1, 0.15) is 5.75 Å². The molecule has 0 saturated heterocycles. The van der Waals surface area contributed by atoms with E-state index in [0.29, 0.717) is 5.95 Å². The second kappa shape index (κ2) is 4.41. The fraction of sp³-hybridized carbons (Fsp3) is 0.250. The van der Waals surface area contributed by atoms with Crippen LogP contribution in [0.4, 0.5) is 5.95 Å². The third-order valence-electron chi connectivity index (χ3n) is 2.73. The summed E-state index contributed by atoms with van der Waals surface area (Å²) in [5.74, 6) is 1.32. The van der Waals surface area contributed by atoms with Crippen molar-refractivity contribution in [1.82, 2.24) is 9.55 Å². The van der Waals surface area contributed by atoms with Crippen molar-refractivity contribution in [2.24, 2.45) is 7.05 Å². The van der Waals surface area contributed by atoms with E-state index in [2.05, 4.69) is 20.9 Å². The summed E-state index contributed by atoms with van der Waals surface area (Å²) >= 11 is 3.47. The molecule has 0 aliphatic carbocycles. The molecule has 2 N–H and O–H groups in total. The molecule has 1 heterocycles. The Labute approximate surface area is 109 Å². The number of benzene rings is 1. The summed E-state index contributed by atoms with van der Waals surface area (Å²) in [6.07, 6.45) is 0. The van der Waals surface area contributed by atoms with Gasteiger partial charge in [0, 0.05) is 12.6 Å². The summed E-state index contributed by atoms with van der Waals surface area (Å²) in [5, 5.41) is 0. The zero-order valence-electron chi connectivity index (χ0n) is 9.99. The van der Waals surface area contributed by atoms with Gasteiger partial charge in [-0.3, -0.25) is 0 Å². The molecule has 0 atom stereocenters. The summed E-state index contributed by atoms with van der Waals surface area (Å²) in [5.41, 5.74) is 8.78. The molecule has 4 nitrogen and oxygen atoms in total. The highest BCUT2D eigenvalue weighted by atomic mass is 79.9. The van der Waals surface area contributed by atoms with E-state index >= 15 is 0 Å². The average Bonchev–Trinajstić information content (AvgIpc) is 2.53. The third kappa shape index (κ3) is 2.02. The zero-order chi connectivity index (χ0) is 12.6. The summed E-state index contributed by atoms with van der Waals surface area (Å²) in [6, 6.07) is 5.91. The van der Waals surface area contributed by atoms with E-state index in [1.807, 2.05) is 36.7 Å². The molecule has 5 heteroatoms. The van der Waals surface area contributed by atoms with Crippen molar-refractivity contribution in [3.05, 3.63) is 28.4 Å². The molecule has 2 aromatic rings. The largest absolute Gasteiger partial charge is 0.496 e. The number of methoxy groups -OCH3 is 1. The molecule has 90 valence electrons. The van der Waals surface area contributed by atoms with Gasteiger partial charge in [0.25, 0.3) is 0 Å². The van der Waals surface area contributed by atoms with E-state index in [1.54, 1.807) is 7.11 Å². The van der Waals surface area contributed by atoms with Crippen LogP contribution in [0.3, 0.4) is 0 Å². The number of ether oxygens (including phenoxy) is 1. The Hall–Kier alpha value is -1.49. The van der Waals surface area contributed by atoms with Crippen LogP contribution >= 0.6 is 15.9 Å². The molecule has 0 bridgehead atoms. The normalized spacial score (nSPS) is 10.6. The summed E-state index contributed by atoms with van der Waals surface area (Å²) in [4.78, 5) is 4.25. The Kier molecular flexibility index (Phi) is 3.11. The maximum Gasteiger partial charge on any atom is 0.200 e. The number of hydrogen-bond donors (Lipinski definition) is 1. The average molecular weight is 296 g/mol. The third-order valence-corrected chi connectivity index (χ3v) is 3.35. The Balaban J connectivity index is 2.57. The number of rotatable bonds is 2. The van der Waals surface area contributed by atoms with Crippen molar-refractivity contribution in [1.29, 1.82) is 0 Å². The maximum atomic E-state index is 5.79. The number of halogens is 1. The van der Waals surface area contributed by atoms with Crippen LogP contribution in [0.15, 0.2) is 22.7 Å². The minimum absolute atomic E-state index is 0.518. The number of nitrogens with two attached hydrogens (primary N) is 1. The predicted octanol–water partition coefficient (Wildman–Crippen LogP) is 2.75. The first kappa shape index (κ1) is 12.0. The van der Waals surface area contributed by atoms with Gasteiger partial charge < -0.3 is 15.0 Å². The van der Waals surface area contributed by atoms with Crippen molar-refractivity contribution >= 4 is 21.9 Å². The topological polar surface area (TPSA) is 53.1 Å². The van der Waals surface area contributed by atoms with Crippen LogP contribution in [-0.2, 0) is 7.05 Å². The summed E-state index contributed by atoms with van der Waals surface area (Å²) < 4.78 is 8.00. The number of hydrogen-bond acceptors (Lipinski definition) is 3. The fourth-order valence-electron chi connectivity index (χ4n) is 1.87. The highest BCUT2D eigenvalue weighted by molar-refractivity contribution is 9.10. The van der Waals surface area contributed by atoms with Gasteiger partial charge in [0.2, 0.25) is 5.95 Å². The van der Waals surface area contributed by atoms with Crippen LogP contribution in [0, 0.1) is 6.92 Å². The first-order chi connectivity index (χ1) is 8.04. The molecular formula is C12H14BrN3O. The molecule has 0 aliphatic rings. The number of aryl methyl sites for hydroxylation is 1. The minimum Gasteiger partial charge on any atom is -0.496 e. The highest BCUT2D eigenvalue weighted by Crippen LogP contribution is 2.32. The van der Waals surface area contributed by atoms with Gasteiger partial charge >= 0.3 is 0 Å². The van der Waals surface area contributed by atoms with Crippen LogP contribution in [0.1, 0.15) is 5.69 Å². The van der Waals surface area contributed by atoms with Crippen LogP contribution in [0.25, 0.3) is 11.3 Å². The molecule has 0 saturated carbocycles. The van der Waals surface area contributed by atoms with Gasteiger partial charge in [0.05, 0.1) is 23.0 Å². The SMILES string of the molecule is COc1ccc(-c2c(C)nc(N)n2C)cc1Br. The second-order valence-electron chi connectivity index (χ2n) is 3.81. The summed E-state index contributed by atoms with van der Waals surface area (Å²) in [6.45, 7) is 1.95. The molecule has 2 rings (SSSR count). The van der Waals surface area contributed by atoms with E-state index in [1.165, 1.54) is 0 Å². The number of anilines is 1. The van der Waals surface area contributed by atoms with Crippen LogP contribution in [0.5, 0.6) is 5.75 Å². The molecule has 0 amide bonds. The van der Waals surface area contributed by atoms with E-state index in [-0.39, 0.29) is 0 Å². The monoisotopic (exact) mass is 295 g/mol. The molecule has 0 unspecified atom stereocenters. The fourth-order valence-corrected chi connectivity index (χ4v) is 2.41. The van der Waals surface area contributed by atoms with Crippen molar-refractivity contribution in [2.45, 2.75) is 6.92 Å². The summed E-state index contributed by atoms with van der Waals surface area (Å²) in [7, 11) is 3.55. The maximum absolute atomic E-state index is 5.79. The Morgan fingerprint density at radius 3 is 2.59 bits per heavy atom. The lowest BCUT2D eigenvalue weighted by Crippen LogP contribution is -1.98. The molecule has 0 spiro atoms. The second-order valence-corrected chi connectivity index (χ2v) is 4.67. The van der Waals surface area contributed by atoms with Gasteiger partial charge in [-0.05, 0) is 41.1 Å². The van der Waals surface area contributed by atoms with Crippen molar-refractivity contribution in [3.8, 4) is 17.0 Å². The van der Waals surface area contributed by atoms with Gasteiger partial charge in [-0.25, -0.2) is 4.98 Å². The first-order valence-electron chi connectivity index (χ1n) is 5.17. The van der Waals surface area contributed by atoms with Gasteiger partial charge in [-0.1, -0.05) is 0 Å². The first-order valence-corrected chi connectivity index (χ1v) is 5.96. The van der Waals surface area contributed by atoms with E-state index in [9.17, 15) is 0 Å². The number of aromatic nitrogens is 2. The van der Waals surface area contributed by atoms with Crippen LogP contribution in [0.2, 0.25) is 0 Å². The number of nitrogen functional groups attached to an aromatic ring is 1. The number of imidazole rings is 1. The smallest absolute Gasteiger partial charge is 0.200 e. The molecule has 0 fully saturated rings. The Bertz CT molecular complexity index is 563. The molecule has 0 radical (unpaired) electrons. The zero-order valence-corrected chi connectivity index (χ0v) is 11.6. The van der Waals surface area contributed by atoms with E-state index in [0.717, 1.165) is 27.2 Å². The molecule has 0 aliphatic heterocycles. The van der Waals surface area contributed by atoms with Gasteiger partial charge in [-0.2, -0.15) is 0 Å². The van der Waals surface area contributed by atoms with Gasteiger partial charge in [0.15, 0.2) is 0 Å². The van der Waals surface area contributed by atoms with Gasteiger partial charge in [-0.15, -0.1) is 0 Å². The van der Waals surface area contributed by atoms with Crippen molar-refractivity contribution < 1.29 is 4.74 Å². The highest BCUT2D eigenvalue weighted by Gasteiger charge is 2.12. The molecule has 1 aromatic heterocycles. The molecule has 17 heavy (non-hydrogen) atoms. The number of nitrogens with zero attached hydrogens (tertiary/aromatic N) is 2. The lowest BCUT2D eigenvalue weighted by Gasteiger charge is -2.08. The lowest BCUT2D eigenvalue weighted by molar-refractivity contribution is 0.412. The van der Waals surface area contributed by atoms with Crippen molar-refractivity contribution in [2.75, 3.05) is 12.8 Å². The Morgan fingerprint density at radius 1 is 1.41 bits per heavy atom. The molecular weight excluding hydrogens is 282 g/mol. The lowest BCUT2D eigenvalue weighted by atomic mass is 10.1. The van der Waals surface area contributed by atoms with E-state index < -0.39 is 0 Å². The molecule has 1 aromatic carbocycles. The van der Waals surface area contributed by atoms with Crippen LogP contribution < -0.4 is 10.5 Å².